The van der Waals surface area contributed by atoms with E-state index in [1.54, 1.807) is 6.20 Å². The van der Waals surface area contributed by atoms with Crippen LogP contribution in [0.15, 0.2) is 54.7 Å². The van der Waals surface area contributed by atoms with Gasteiger partial charge in [0.2, 0.25) is 0 Å². The molecule has 0 aliphatic carbocycles. The summed E-state index contributed by atoms with van der Waals surface area (Å²) in [7, 11) is 0. The lowest BCUT2D eigenvalue weighted by Gasteiger charge is -2.10. The molecule has 4 rings (SSSR count). The van der Waals surface area contributed by atoms with E-state index in [2.05, 4.69) is 56.8 Å². The van der Waals surface area contributed by atoms with Crippen molar-refractivity contribution in [2.75, 3.05) is 0 Å². The van der Waals surface area contributed by atoms with Crippen molar-refractivity contribution in [3.05, 3.63) is 71.8 Å². The van der Waals surface area contributed by atoms with Crippen LogP contribution in [0.25, 0.3) is 22.5 Å². The highest BCUT2D eigenvalue weighted by Gasteiger charge is 2.13. The summed E-state index contributed by atoms with van der Waals surface area (Å²) in [5.41, 5.74) is 9.91. The molecule has 0 spiro atoms. The Hall–Kier alpha value is -3.81. The van der Waals surface area contributed by atoms with Crippen LogP contribution in [-0.4, -0.2) is 36.1 Å². The second kappa shape index (κ2) is 8.69. The first-order valence-corrected chi connectivity index (χ1v) is 9.94. The predicted octanol–water partition coefficient (Wildman–Crippen LogP) is 3.22. The molecule has 0 fully saturated rings. The third kappa shape index (κ3) is 4.12. The summed E-state index contributed by atoms with van der Waals surface area (Å²) in [6.07, 6.45) is 4.64. The molecule has 30 heavy (non-hydrogen) atoms. The van der Waals surface area contributed by atoms with Gasteiger partial charge in [0.1, 0.15) is 11.5 Å². The monoisotopic (exact) mass is 401 g/mol. The number of aromatic amines is 1. The quantitative estimate of drug-likeness (QED) is 0.470. The van der Waals surface area contributed by atoms with Gasteiger partial charge in [0.05, 0.1) is 0 Å². The molecule has 0 saturated heterocycles. The standard InChI is InChI=1S/C22H23N7O/c1-2-3-8-20-24-19(21(23)30)14-29(20)13-15-9-11-16(12-10-15)17-6-4-5-7-18(17)22-25-27-28-26-22/h4-7,9-12,14H,2-3,8,13H2,1H3,(H2,23,30)(H,25,26,27,28). The van der Waals surface area contributed by atoms with E-state index in [9.17, 15) is 4.79 Å². The molecule has 0 atom stereocenters. The predicted molar refractivity (Wildman–Crippen MR) is 114 cm³/mol. The number of benzene rings is 2. The maximum atomic E-state index is 11.6. The number of imidazole rings is 1. The second-order valence-corrected chi connectivity index (χ2v) is 7.13. The number of carbonyl (C=O) groups excluding carboxylic acids is 1. The van der Waals surface area contributed by atoms with Gasteiger partial charge in [-0.05, 0) is 33.5 Å². The zero-order valence-electron chi connectivity index (χ0n) is 16.7. The van der Waals surface area contributed by atoms with Gasteiger partial charge in [-0.15, -0.1) is 5.10 Å². The highest BCUT2D eigenvalue weighted by Crippen LogP contribution is 2.29. The number of nitrogens with one attached hydrogen (secondary N) is 1. The molecule has 0 saturated carbocycles. The number of aryl methyl sites for hydroxylation is 1. The number of tetrazole rings is 1. The fourth-order valence-electron chi connectivity index (χ4n) is 3.45. The van der Waals surface area contributed by atoms with Crippen molar-refractivity contribution < 1.29 is 4.79 Å². The Bertz CT molecular complexity index is 1130. The van der Waals surface area contributed by atoms with Crippen molar-refractivity contribution in [1.29, 1.82) is 0 Å². The average molecular weight is 401 g/mol. The van der Waals surface area contributed by atoms with E-state index in [4.69, 9.17) is 5.73 Å². The summed E-state index contributed by atoms with van der Waals surface area (Å²) >= 11 is 0. The summed E-state index contributed by atoms with van der Waals surface area (Å²) in [5, 5.41) is 14.2. The average Bonchev–Trinajstić information content (AvgIpc) is 3.43. The summed E-state index contributed by atoms with van der Waals surface area (Å²) in [6.45, 7) is 2.76. The third-order valence-corrected chi connectivity index (χ3v) is 5.01. The van der Waals surface area contributed by atoms with Crippen LogP contribution >= 0.6 is 0 Å². The van der Waals surface area contributed by atoms with Gasteiger partial charge in [-0.3, -0.25) is 4.79 Å². The number of primary amides is 1. The van der Waals surface area contributed by atoms with E-state index in [0.29, 0.717) is 18.1 Å². The highest BCUT2D eigenvalue weighted by atomic mass is 16.1. The molecule has 0 bridgehead atoms. The number of carbonyl (C=O) groups is 1. The molecule has 0 radical (unpaired) electrons. The lowest BCUT2D eigenvalue weighted by Crippen LogP contribution is -2.11. The van der Waals surface area contributed by atoms with E-state index in [1.807, 2.05) is 28.8 Å². The minimum atomic E-state index is -0.500. The van der Waals surface area contributed by atoms with E-state index >= 15 is 0 Å². The number of nitrogens with two attached hydrogens (primary N) is 1. The molecule has 8 nitrogen and oxygen atoms in total. The Balaban J connectivity index is 1.59. The molecule has 0 unspecified atom stereocenters. The molecule has 3 N–H and O–H groups in total. The van der Waals surface area contributed by atoms with Crippen molar-refractivity contribution in [2.24, 2.45) is 5.73 Å². The summed E-state index contributed by atoms with van der Waals surface area (Å²) in [5.74, 6) is 1.02. The highest BCUT2D eigenvalue weighted by molar-refractivity contribution is 5.90. The van der Waals surface area contributed by atoms with Crippen LogP contribution in [0, 0.1) is 0 Å². The Morgan fingerprint density at radius 2 is 1.87 bits per heavy atom. The number of hydrogen-bond acceptors (Lipinski definition) is 5. The van der Waals surface area contributed by atoms with Gasteiger partial charge in [0.15, 0.2) is 5.82 Å². The fraction of sp³-hybridized carbons (Fsp3) is 0.227. The molecular weight excluding hydrogens is 378 g/mol. The Morgan fingerprint density at radius 1 is 1.10 bits per heavy atom. The normalized spacial score (nSPS) is 11.0. The zero-order chi connectivity index (χ0) is 20.9. The van der Waals surface area contributed by atoms with E-state index in [0.717, 1.165) is 47.3 Å². The molecule has 2 aromatic carbocycles. The van der Waals surface area contributed by atoms with Crippen molar-refractivity contribution in [1.82, 2.24) is 30.2 Å². The van der Waals surface area contributed by atoms with Crippen LogP contribution in [0.1, 0.15) is 41.6 Å². The van der Waals surface area contributed by atoms with Gasteiger partial charge >= 0.3 is 0 Å². The second-order valence-electron chi connectivity index (χ2n) is 7.13. The van der Waals surface area contributed by atoms with Crippen molar-refractivity contribution in [3.8, 4) is 22.5 Å². The first-order chi connectivity index (χ1) is 14.7. The third-order valence-electron chi connectivity index (χ3n) is 5.01. The van der Waals surface area contributed by atoms with Crippen LogP contribution in [0.3, 0.4) is 0 Å². The van der Waals surface area contributed by atoms with Gasteiger partial charge in [-0.1, -0.05) is 61.9 Å². The lowest BCUT2D eigenvalue weighted by molar-refractivity contribution is 0.0996. The number of amides is 1. The number of unbranched alkanes of at least 4 members (excludes halogenated alkanes) is 1. The van der Waals surface area contributed by atoms with Crippen LogP contribution in [0.2, 0.25) is 0 Å². The minimum absolute atomic E-state index is 0.312. The summed E-state index contributed by atoms with van der Waals surface area (Å²) in [4.78, 5) is 16.0. The Labute approximate surface area is 174 Å². The molecule has 8 heteroatoms. The number of H-pyrrole nitrogens is 1. The molecule has 152 valence electrons. The van der Waals surface area contributed by atoms with Gasteiger partial charge in [0, 0.05) is 24.7 Å². The number of hydrogen-bond donors (Lipinski definition) is 2. The van der Waals surface area contributed by atoms with Crippen molar-refractivity contribution in [2.45, 2.75) is 32.7 Å². The van der Waals surface area contributed by atoms with Crippen molar-refractivity contribution >= 4 is 5.91 Å². The smallest absolute Gasteiger partial charge is 0.268 e. The largest absolute Gasteiger partial charge is 0.364 e. The van der Waals surface area contributed by atoms with E-state index < -0.39 is 5.91 Å². The molecule has 4 aromatic rings. The number of aromatic nitrogens is 6. The molecule has 1 amide bonds. The fourth-order valence-corrected chi connectivity index (χ4v) is 3.45. The molecule has 2 aromatic heterocycles. The molecule has 2 heterocycles. The van der Waals surface area contributed by atoms with Gasteiger partial charge in [0.25, 0.3) is 5.91 Å². The molecule has 0 aliphatic heterocycles. The first-order valence-electron chi connectivity index (χ1n) is 9.94. The van der Waals surface area contributed by atoms with Gasteiger partial charge in [-0.25, -0.2) is 10.1 Å². The maximum Gasteiger partial charge on any atom is 0.268 e. The Morgan fingerprint density at radius 3 is 2.53 bits per heavy atom. The minimum Gasteiger partial charge on any atom is -0.364 e. The van der Waals surface area contributed by atoms with Crippen LogP contribution in [0.5, 0.6) is 0 Å². The Kier molecular flexibility index (Phi) is 5.65. The summed E-state index contributed by atoms with van der Waals surface area (Å²) in [6, 6.07) is 16.3. The van der Waals surface area contributed by atoms with Gasteiger partial charge < -0.3 is 10.3 Å². The first kappa shape index (κ1) is 19.5. The van der Waals surface area contributed by atoms with E-state index in [-0.39, 0.29) is 0 Å². The van der Waals surface area contributed by atoms with Crippen LogP contribution in [0.4, 0.5) is 0 Å². The van der Waals surface area contributed by atoms with Crippen molar-refractivity contribution in [3.63, 3.8) is 0 Å². The van der Waals surface area contributed by atoms with Gasteiger partial charge in [-0.2, -0.15) is 0 Å². The number of nitrogens with zero attached hydrogens (tertiary/aromatic N) is 5. The topological polar surface area (TPSA) is 115 Å². The molecule has 0 aliphatic rings. The number of rotatable bonds is 8. The maximum absolute atomic E-state index is 11.6. The SMILES string of the molecule is CCCCc1nc(C(N)=O)cn1Cc1ccc(-c2ccccc2-c2nnn[nH]2)cc1. The van der Waals surface area contributed by atoms with E-state index in [1.165, 1.54) is 0 Å². The van der Waals surface area contributed by atoms with Crippen LogP contribution in [-0.2, 0) is 13.0 Å². The lowest BCUT2D eigenvalue weighted by atomic mass is 9.98. The molecular formula is C22H23N7O. The zero-order valence-corrected chi connectivity index (χ0v) is 16.7. The summed E-state index contributed by atoms with van der Waals surface area (Å²) < 4.78 is 2.01. The van der Waals surface area contributed by atoms with Crippen LogP contribution < -0.4 is 5.73 Å².